The predicted octanol–water partition coefficient (Wildman–Crippen LogP) is 2.66. The zero-order valence-corrected chi connectivity index (χ0v) is 12.3. The van der Waals surface area contributed by atoms with Crippen molar-refractivity contribution in [1.82, 2.24) is 4.90 Å². The molecule has 0 fully saturated rings. The Morgan fingerprint density at radius 3 is 2.57 bits per heavy atom. The van der Waals surface area contributed by atoms with Gasteiger partial charge in [-0.1, -0.05) is 42.5 Å². The first kappa shape index (κ1) is 14.1. The van der Waals surface area contributed by atoms with Crippen molar-refractivity contribution in [1.29, 1.82) is 0 Å². The molecule has 0 heterocycles. The third kappa shape index (κ3) is 3.09. The van der Waals surface area contributed by atoms with Crippen LogP contribution in [0.1, 0.15) is 17.2 Å². The Morgan fingerprint density at radius 2 is 1.81 bits per heavy atom. The van der Waals surface area contributed by atoms with Crippen molar-refractivity contribution in [3.63, 3.8) is 0 Å². The number of para-hydroxylation sites is 1. The van der Waals surface area contributed by atoms with Crippen molar-refractivity contribution in [2.75, 3.05) is 20.2 Å². The fraction of sp³-hybridized carbons (Fsp3) is 0.333. The van der Waals surface area contributed by atoms with E-state index in [1.165, 1.54) is 5.56 Å². The third-order valence-electron chi connectivity index (χ3n) is 4.19. The molecule has 0 radical (unpaired) electrons. The lowest BCUT2D eigenvalue weighted by atomic mass is 10.1. The number of hydrogen-bond acceptors (Lipinski definition) is 3. The lowest BCUT2D eigenvalue weighted by Gasteiger charge is -2.27. The van der Waals surface area contributed by atoms with Gasteiger partial charge in [0.15, 0.2) is 0 Å². The van der Waals surface area contributed by atoms with Crippen LogP contribution in [0.4, 0.5) is 0 Å². The molecule has 110 valence electrons. The molecule has 2 unspecified atom stereocenters. The van der Waals surface area contributed by atoms with Crippen molar-refractivity contribution >= 4 is 0 Å². The van der Waals surface area contributed by atoms with Crippen molar-refractivity contribution in [3.05, 3.63) is 65.7 Å². The van der Waals surface area contributed by atoms with Gasteiger partial charge in [-0.15, -0.1) is 0 Å². The number of hydrogen-bond donors (Lipinski definition) is 1. The fourth-order valence-corrected chi connectivity index (χ4v) is 2.94. The van der Waals surface area contributed by atoms with Crippen LogP contribution in [-0.2, 0) is 6.42 Å². The molecule has 0 aliphatic heterocycles. The molecular weight excluding hydrogens is 262 g/mol. The van der Waals surface area contributed by atoms with Crippen LogP contribution in [0.25, 0.3) is 0 Å². The summed E-state index contributed by atoms with van der Waals surface area (Å²) in [6.45, 7) is 1.42. The summed E-state index contributed by atoms with van der Waals surface area (Å²) >= 11 is 0. The van der Waals surface area contributed by atoms with Crippen LogP contribution in [0.5, 0.6) is 5.75 Å². The predicted molar refractivity (Wildman–Crippen MR) is 83.5 cm³/mol. The number of nitrogens with zero attached hydrogens (tertiary/aromatic N) is 1. The molecule has 21 heavy (non-hydrogen) atoms. The summed E-state index contributed by atoms with van der Waals surface area (Å²) in [6, 6.07) is 18.1. The summed E-state index contributed by atoms with van der Waals surface area (Å²) in [6.07, 6.45) is 0.502. The van der Waals surface area contributed by atoms with Crippen LogP contribution in [0.2, 0.25) is 0 Å². The first-order valence-electron chi connectivity index (χ1n) is 7.39. The Hall–Kier alpha value is -1.84. The smallest absolute Gasteiger partial charge is 0.119 e. The number of rotatable bonds is 5. The van der Waals surface area contributed by atoms with E-state index in [4.69, 9.17) is 4.74 Å². The summed E-state index contributed by atoms with van der Waals surface area (Å²) in [7, 11) is 2.05. The van der Waals surface area contributed by atoms with Crippen LogP contribution >= 0.6 is 0 Å². The Morgan fingerprint density at radius 1 is 1.10 bits per heavy atom. The zero-order chi connectivity index (χ0) is 14.7. The van der Waals surface area contributed by atoms with Crippen LogP contribution in [0, 0.1) is 0 Å². The van der Waals surface area contributed by atoms with Crippen molar-refractivity contribution in [2.45, 2.75) is 18.6 Å². The van der Waals surface area contributed by atoms with Gasteiger partial charge in [-0.05, 0) is 36.7 Å². The maximum Gasteiger partial charge on any atom is 0.119 e. The second-order valence-electron chi connectivity index (χ2n) is 5.56. The van der Waals surface area contributed by atoms with Gasteiger partial charge < -0.3 is 9.84 Å². The van der Waals surface area contributed by atoms with Crippen LogP contribution in [0.3, 0.4) is 0 Å². The first-order valence-corrected chi connectivity index (χ1v) is 7.39. The second kappa shape index (κ2) is 6.29. The van der Waals surface area contributed by atoms with E-state index >= 15 is 0 Å². The molecular formula is C18H21NO2. The van der Waals surface area contributed by atoms with Crippen LogP contribution < -0.4 is 4.74 Å². The van der Waals surface area contributed by atoms with Gasteiger partial charge in [0.1, 0.15) is 12.4 Å². The maximum atomic E-state index is 10.4. The van der Waals surface area contributed by atoms with E-state index in [1.807, 2.05) is 55.6 Å². The first-order chi connectivity index (χ1) is 10.3. The third-order valence-corrected chi connectivity index (χ3v) is 4.19. The summed E-state index contributed by atoms with van der Waals surface area (Å²) in [5, 5.41) is 10.4. The molecule has 1 N–H and O–H groups in total. The summed E-state index contributed by atoms with van der Waals surface area (Å²) in [5.41, 5.74) is 2.32. The van der Waals surface area contributed by atoms with Gasteiger partial charge in [-0.3, -0.25) is 4.90 Å². The monoisotopic (exact) mass is 283 g/mol. The molecule has 0 amide bonds. The van der Waals surface area contributed by atoms with E-state index in [1.54, 1.807) is 0 Å². The number of benzene rings is 2. The summed E-state index contributed by atoms with van der Waals surface area (Å²) in [5.74, 6) is 0.890. The molecule has 0 aromatic heterocycles. The van der Waals surface area contributed by atoms with Crippen molar-refractivity contribution < 1.29 is 9.84 Å². The molecule has 0 saturated heterocycles. The van der Waals surface area contributed by atoms with E-state index < -0.39 is 6.10 Å². The molecule has 3 heteroatoms. The number of fused-ring (bicyclic) bond motifs is 1. The SMILES string of the molecule is CN(CCOc1ccccc1)C1Cc2ccccc2C1O. The van der Waals surface area contributed by atoms with Crippen LogP contribution in [0.15, 0.2) is 54.6 Å². The van der Waals surface area contributed by atoms with Crippen molar-refractivity contribution in [3.8, 4) is 5.75 Å². The molecule has 0 bridgehead atoms. The van der Waals surface area contributed by atoms with Gasteiger partial charge in [-0.2, -0.15) is 0 Å². The fourth-order valence-electron chi connectivity index (χ4n) is 2.94. The minimum Gasteiger partial charge on any atom is -0.492 e. The van der Waals surface area contributed by atoms with Gasteiger partial charge >= 0.3 is 0 Å². The standard InChI is InChI=1S/C18H21NO2/c1-19(11-12-21-15-8-3-2-4-9-15)17-13-14-7-5-6-10-16(14)18(17)20/h2-10,17-18,20H,11-13H2,1H3. The molecule has 3 nitrogen and oxygen atoms in total. The van der Waals surface area contributed by atoms with Gasteiger partial charge in [0.2, 0.25) is 0 Å². The lowest BCUT2D eigenvalue weighted by Crippen LogP contribution is -2.37. The number of likely N-dealkylation sites (N-methyl/N-ethyl adjacent to an activating group) is 1. The van der Waals surface area contributed by atoms with Crippen molar-refractivity contribution in [2.24, 2.45) is 0 Å². The van der Waals surface area contributed by atoms with Crippen LogP contribution in [-0.4, -0.2) is 36.2 Å². The number of aliphatic hydroxyl groups is 1. The molecule has 2 aromatic carbocycles. The summed E-state index contributed by atoms with van der Waals surface area (Å²) < 4.78 is 5.73. The highest BCUT2D eigenvalue weighted by Gasteiger charge is 2.33. The highest BCUT2D eigenvalue weighted by atomic mass is 16.5. The quantitative estimate of drug-likeness (QED) is 0.915. The minimum absolute atomic E-state index is 0.141. The Balaban J connectivity index is 1.54. The number of ether oxygens (including phenoxy) is 1. The maximum absolute atomic E-state index is 10.4. The van der Waals surface area contributed by atoms with Gasteiger partial charge in [0, 0.05) is 12.6 Å². The van der Waals surface area contributed by atoms with Gasteiger partial charge in [-0.25, -0.2) is 0 Å². The van der Waals surface area contributed by atoms with Gasteiger partial charge in [0.05, 0.1) is 6.10 Å². The zero-order valence-electron chi connectivity index (χ0n) is 12.3. The molecule has 3 rings (SSSR count). The molecule has 0 spiro atoms. The Labute approximate surface area is 125 Å². The highest BCUT2D eigenvalue weighted by molar-refractivity contribution is 5.35. The van der Waals surface area contributed by atoms with E-state index in [0.29, 0.717) is 6.61 Å². The summed E-state index contributed by atoms with van der Waals surface area (Å²) in [4.78, 5) is 2.19. The van der Waals surface area contributed by atoms with E-state index in [0.717, 1.165) is 24.3 Å². The molecule has 1 aliphatic rings. The van der Waals surface area contributed by atoms with E-state index in [-0.39, 0.29) is 6.04 Å². The van der Waals surface area contributed by atoms with E-state index in [9.17, 15) is 5.11 Å². The average molecular weight is 283 g/mol. The normalized spacial score (nSPS) is 20.5. The molecule has 2 atom stereocenters. The minimum atomic E-state index is -0.400. The molecule has 2 aromatic rings. The molecule has 0 saturated carbocycles. The Bertz CT molecular complexity index is 585. The van der Waals surface area contributed by atoms with E-state index in [2.05, 4.69) is 11.0 Å². The topological polar surface area (TPSA) is 32.7 Å². The molecule has 1 aliphatic carbocycles. The largest absolute Gasteiger partial charge is 0.492 e. The Kier molecular flexibility index (Phi) is 4.23. The van der Waals surface area contributed by atoms with Gasteiger partial charge in [0.25, 0.3) is 0 Å². The second-order valence-corrected chi connectivity index (χ2v) is 5.56. The average Bonchev–Trinajstić information content (AvgIpc) is 2.86. The highest BCUT2D eigenvalue weighted by Crippen LogP contribution is 2.33. The lowest BCUT2D eigenvalue weighted by molar-refractivity contribution is 0.0683. The number of aliphatic hydroxyl groups excluding tert-OH is 1.